The maximum Gasteiger partial charge on any atom is 0.328 e. The molecule has 0 fully saturated rings. The highest BCUT2D eigenvalue weighted by Crippen LogP contribution is 2.08. The lowest BCUT2D eigenvalue weighted by molar-refractivity contribution is -0.118. The summed E-state index contributed by atoms with van der Waals surface area (Å²) in [4.78, 5) is 15.4. The van der Waals surface area contributed by atoms with E-state index in [0.29, 0.717) is 5.82 Å². The van der Waals surface area contributed by atoms with E-state index < -0.39 is 6.04 Å². The number of hydrogen-bond acceptors (Lipinski definition) is 5. The number of carbonyl (C=O) groups is 1. The van der Waals surface area contributed by atoms with Crippen LogP contribution in [0, 0.1) is 12.8 Å². The molecule has 0 saturated heterocycles. The van der Waals surface area contributed by atoms with E-state index in [1.807, 2.05) is 13.8 Å². The van der Waals surface area contributed by atoms with Crippen molar-refractivity contribution in [1.29, 1.82) is 0 Å². The van der Waals surface area contributed by atoms with Crippen LogP contribution in [0.5, 0.6) is 0 Å². The summed E-state index contributed by atoms with van der Waals surface area (Å²) >= 11 is 0. The molecule has 15 heavy (non-hydrogen) atoms. The van der Waals surface area contributed by atoms with Crippen LogP contribution in [0.3, 0.4) is 0 Å². The molecule has 1 rings (SSSR count). The molecule has 2 atom stereocenters. The number of anilines is 1. The van der Waals surface area contributed by atoms with Crippen LogP contribution in [0.1, 0.15) is 26.1 Å². The predicted octanol–water partition coefficient (Wildman–Crippen LogP) is 0.690. The third kappa shape index (κ3) is 3.02. The average Bonchev–Trinajstić information content (AvgIpc) is 2.61. The zero-order valence-corrected chi connectivity index (χ0v) is 9.15. The Hall–Kier alpha value is -1.43. The number of nitrogens with zero attached hydrogens (tertiary/aromatic N) is 2. The van der Waals surface area contributed by atoms with Crippen LogP contribution in [0.2, 0.25) is 0 Å². The van der Waals surface area contributed by atoms with Gasteiger partial charge in [-0.05, 0) is 12.8 Å². The lowest BCUT2D eigenvalue weighted by Crippen LogP contribution is -2.40. The van der Waals surface area contributed by atoms with Gasteiger partial charge < -0.3 is 10.3 Å². The third-order valence-corrected chi connectivity index (χ3v) is 2.32. The van der Waals surface area contributed by atoms with Crippen LogP contribution in [-0.4, -0.2) is 22.1 Å². The van der Waals surface area contributed by atoms with Gasteiger partial charge in [0.2, 0.25) is 5.91 Å². The van der Waals surface area contributed by atoms with E-state index >= 15 is 0 Å². The molecule has 0 radical (unpaired) electrons. The summed E-state index contributed by atoms with van der Waals surface area (Å²) in [6, 6.07) is -0.460. The number of aryl methyl sites for hydroxylation is 1. The molecule has 6 nitrogen and oxygen atoms in total. The van der Waals surface area contributed by atoms with Crippen molar-refractivity contribution in [3.05, 3.63) is 5.82 Å². The van der Waals surface area contributed by atoms with E-state index in [1.165, 1.54) is 0 Å². The average molecular weight is 212 g/mol. The maximum atomic E-state index is 11.6. The minimum absolute atomic E-state index is 0.0938. The van der Waals surface area contributed by atoms with Crippen molar-refractivity contribution in [2.75, 3.05) is 5.32 Å². The first-order chi connectivity index (χ1) is 7.04. The minimum Gasteiger partial charge on any atom is -0.320 e. The van der Waals surface area contributed by atoms with E-state index in [0.717, 1.165) is 6.42 Å². The van der Waals surface area contributed by atoms with E-state index in [2.05, 4.69) is 15.5 Å². The summed E-state index contributed by atoms with van der Waals surface area (Å²) in [6.07, 6.45) is 0.845. The molecule has 0 aliphatic rings. The first-order valence-electron chi connectivity index (χ1n) is 4.91. The Morgan fingerprint density at radius 1 is 1.67 bits per heavy atom. The Morgan fingerprint density at radius 2 is 2.33 bits per heavy atom. The van der Waals surface area contributed by atoms with Crippen molar-refractivity contribution in [2.45, 2.75) is 33.2 Å². The number of carbonyl (C=O) groups excluding carboxylic acids is 1. The molecular weight excluding hydrogens is 196 g/mol. The molecule has 1 aromatic rings. The summed E-state index contributed by atoms with van der Waals surface area (Å²) in [5.41, 5.74) is 5.72. The molecule has 0 aromatic carbocycles. The van der Waals surface area contributed by atoms with Gasteiger partial charge in [-0.2, -0.15) is 4.98 Å². The number of aromatic nitrogens is 2. The molecule has 1 amide bonds. The van der Waals surface area contributed by atoms with Crippen molar-refractivity contribution in [1.82, 2.24) is 10.1 Å². The monoisotopic (exact) mass is 212 g/mol. The molecule has 6 heteroatoms. The highest BCUT2D eigenvalue weighted by Gasteiger charge is 2.20. The van der Waals surface area contributed by atoms with Crippen LogP contribution < -0.4 is 11.1 Å². The molecule has 0 spiro atoms. The highest BCUT2D eigenvalue weighted by molar-refractivity contribution is 5.93. The van der Waals surface area contributed by atoms with Crippen molar-refractivity contribution in [3.8, 4) is 0 Å². The van der Waals surface area contributed by atoms with Gasteiger partial charge in [0.25, 0.3) is 0 Å². The maximum absolute atomic E-state index is 11.6. The Morgan fingerprint density at radius 3 is 2.80 bits per heavy atom. The van der Waals surface area contributed by atoms with Gasteiger partial charge in [-0.3, -0.25) is 10.1 Å². The minimum atomic E-state index is -0.554. The van der Waals surface area contributed by atoms with Crippen molar-refractivity contribution in [2.24, 2.45) is 11.7 Å². The molecular formula is C9H16N4O2. The van der Waals surface area contributed by atoms with E-state index in [9.17, 15) is 4.79 Å². The smallest absolute Gasteiger partial charge is 0.320 e. The fraction of sp³-hybridized carbons (Fsp3) is 0.667. The van der Waals surface area contributed by atoms with Gasteiger partial charge in [0.15, 0.2) is 5.82 Å². The van der Waals surface area contributed by atoms with Gasteiger partial charge >= 0.3 is 6.01 Å². The molecule has 0 bridgehead atoms. The summed E-state index contributed by atoms with van der Waals surface area (Å²) in [7, 11) is 0. The molecule has 0 aliphatic heterocycles. The standard InChI is InChI=1S/C9H16N4O2/c1-4-5(2)7(10)8(14)12-9-11-6(3)13-15-9/h5,7H,4,10H2,1-3H3,(H,11,12,13,14)/t5-,7-/m0/s1. The highest BCUT2D eigenvalue weighted by atomic mass is 16.5. The quantitative estimate of drug-likeness (QED) is 0.765. The van der Waals surface area contributed by atoms with E-state index in [-0.39, 0.29) is 17.8 Å². The lowest BCUT2D eigenvalue weighted by Gasteiger charge is -2.15. The second-order valence-corrected chi connectivity index (χ2v) is 3.55. The van der Waals surface area contributed by atoms with Crippen LogP contribution in [0.25, 0.3) is 0 Å². The number of hydrogen-bond donors (Lipinski definition) is 2. The fourth-order valence-corrected chi connectivity index (χ4v) is 1.05. The molecule has 84 valence electrons. The molecule has 0 unspecified atom stereocenters. The summed E-state index contributed by atoms with van der Waals surface area (Å²) in [5, 5.41) is 6.03. The Labute approximate surface area is 88.2 Å². The van der Waals surface area contributed by atoms with Gasteiger partial charge in [-0.25, -0.2) is 0 Å². The number of nitrogens with one attached hydrogen (secondary N) is 1. The topological polar surface area (TPSA) is 94.0 Å². The Balaban J connectivity index is 2.55. The van der Waals surface area contributed by atoms with Crippen molar-refractivity contribution < 1.29 is 9.32 Å². The van der Waals surface area contributed by atoms with Gasteiger partial charge in [0.1, 0.15) is 0 Å². The van der Waals surface area contributed by atoms with Gasteiger partial charge in [0, 0.05) is 0 Å². The third-order valence-electron chi connectivity index (χ3n) is 2.32. The van der Waals surface area contributed by atoms with Crippen molar-refractivity contribution in [3.63, 3.8) is 0 Å². The van der Waals surface area contributed by atoms with E-state index in [1.54, 1.807) is 6.92 Å². The number of amides is 1. The Bertz CT molecular complexity index is 337. The predicted molar refractivity (Wildman–Crippen MR) is 55.1 cm³/mol. The molecule has 1 aromatic heterocycles. The van der Waals surface area contributed by atoms with Crippen LogP contribution >= 0.6 is 0 Å². The van der Waals surface area contributed by atoms with Crippen LogP contribution in [0.4, 0.5) is 6.01 Å². The van der Waals surface area contributed by atoms with Crippen LogP contribution in [-0.2, 0) is 4.79 Å². The number of nitrogens with two attached hydrogens (primary N) is 1. The van der Waals surface area contributed by atoms with Crippen LogP contribution in [0.15, 0.2) is 4.52 Å². The molecule has 1 heterocycles. The second-order valence-electron chi connectivity index (χ2n) is 3.55. The first-order valence-corrected chi connectivity index (χ1v) is 4.91. The molecule has 0 saturated carbocycles. The van der Waals surface area contributed by atoms with Gasteiger partial charge in [-0.15, -0.1) is 0 Å². The largest absolute Gasteiger partial charge is 0.328 e. The fourth-order valence-electron chi connectivity index (χ4n) is 1.05. The summed E-state index contributed by atoms with van der Waals surface area (Å²) < 4.78 is 4.75. The lowest BCUT2D eigenvalue weighted by atomic mass is 10.00. The Kier molecular flexibility index (Phi) is 3.79. The number of rotatable bonds is 4. The summed E-state index contributed by atoms with van der Waals surface area (Å²) in [6.45, 7) is 5.58. The molecule has 3 N–H and O–H groups in total. The first kappa shape index (κ1) is 11.6. The van der Waals surface area contributed by atoms with Gasteiger partial charge in [-0.1, -0.05) is 25.4 Å². The second kappa shape index (κ2) is 4.88. The SMILES string of the molecule is CC[C@H](C)[C@H](N)C(=O)Nc1nc(C)no1. The van der Waals surface area contributed by atoms with E-state index in [4.69, 9.17) is 10.3 Å². The van der Waals surface area contributed by atoms with Crippen molar-refractivity contribution >= 4 is 11.9 Å². The molecule has 0 aliphatic carbocycles. The normalized spacial score (nSPS) is 14.7. The van der Waals surface area contributed by atoms with Gasteiger partial charge in [0.05, 0.1) is 6.04 Å². The summed E-state index contributed by atoms with van der Waals surface area (Å²) in [5.74, 6) is 0.296. The zero-order chi connectivity index (χ0) is 11.4. The zero-order valence-electron chi connectivity index (χ0n) is 9.15.